The Morgan fingerprint density at radius 3 is 2.73 bits per heavy atom. The van der Waals surface area contributed by atoms with E-state index in [0.717, 1.165) is 18.7 Å². The van der Waals surface area contributed by atoms with Crippen molar-refractivity contribution in [3.63, 3.8) is 0 Å². The lowest BCUT2D eigenvalue weighted by Gasteiger charge is -2.35. The number of benzene rings is 1. The molecule has 1 amide bonds. The third kappa shape index (κ3) is 4.30. The molecule has 9 nitrogen and oxygen atoms in total. The molecule has 30 heavy (non-hydrogen) atoms. The van der Waals surface area contributed by atoms with Crippen molar-refractivity contribution in [2.24, 2.45) is 7.05 Å². The van der Waals surface area contributed by atoms with Gasteiger partial charge in [0.25, 0.3) is 5.56 Å². The standard InChI is InChI=1S/C20H23BrN6O3/c1-25-19-17(18(21)24-25)20(29)27(13-23-19)12-16(28)22-11-15(14-5-3-2-4-6-14)26-7-9-30-10-8-26/h2-6,13,15H,7-12H2,1H3,(H,22,28). The molecule has 158 valence electrons. The maximum atomic E-state index is 12.7. The van der Waals surface area contributed by atoms with E-state index in [2.05, 4.69) is 48.4 Å². The molecule has 0 spiro atoms. The van der Waals surface area contributed by atoms with Crippen LogP contribution < -0.4 is 10.9 Å². The molecular formula is C20H23BrN6O3. The van der Waals surface area contributed by atoms with Crippen LogP contribution in [0.15, 0.2) is 46.1 Å². The number of aryl methyl sites for hydroxylation is 1. The molecule has 1 aliphatic rings. The predicted molar refractivity (Wildman–Crippen MR) is 115 cm³/mol. The Labute approximate surface area is 181 Å². The van der Waals surface area contributed by atoms with E-state index in [1.165, 1.54) is 15.6 Å². The second-order valence-corrected chi connectivity index (χ2v) is 7.92. The number of rotatable bonds is 6. The van der Waals surface area contributed by atoms with Crippen molar-refractivity contribution in [2.45, 2.75) is 12.6 Å². The zero-order chi connectivity index (χ0) is 21.1. The van der Waals surface area contributed by atoms with Crippen molar-refractivity contribution in [1.82, 2.24) is 29.5 Å². The summed E-state index contributed by atoms with van der Waals surface area (Å²) in [7, 11) is 1.71. The Balaban J connectivity index is 1.47. The lowest BCUT2D eigenvalue weighted by Crippen LogP contribution is -2.44. The van der Waals surface area contributed by atoms with Crippen LogP contribution in [0.4, 0.5) is 0 Å². The number of nitrogens with zero attached hydrogens (tertiary/aromatic N) is 5. The van der Waals surface area contributed by atoms with Crippen LogP contribution in [-0.4, -0.2) is 63.0 Å². The summed E-state index contributed by atoms with van der Waals surface area (Å²) in [6.07, 6.45) is 1.38. The SMILES string of the molecule is Cn1nc(Br)c2c(=O)n(CC(=O)NCC(c3ccccc3)N3CCOCC3)cnc21. The van der Waals surface area contributed by atoms with Crippen LogP contribution in [0.1, 0.15) is 11.6 Å². The fourth-order valence-corrected chi connectivity index (χ4v) is 4.28. The maximum Gasteiger partial charge on any atom is 0.266 e. The lowest BCUT2D eigenvalue weighted by molar-refractivity contribution is -0.122. The van der Waals surface area contributed by atoms with Gasteiger partial charge in [0.2, 0.25) is 5.91 Å². The molecule has 1 saturated heterocycles. The summed E-state index contributed by atoms with van der Waals surface area (Å²) >= 11 is 3.29. The number of ether oxygens (including phenoxy) is 1. The maximum absolute atomic E-state index is 12.7. The van der Waals surface area contributed by atoms with Gasteiger partial charge in [0.1, 0.15) is 22.9 Å². The second kappa shape index (κ2) is 9.07. The minimum absolute atomic E-state index is 0.0452. The van der Waals surface area contributed by atoms with Crippen molar-refractivity contribution in [3.8, 4) is 0 Å². The average molecular weight is 475 g/mol. The van der Waals surface area contributed by atoms with Gasteiger partial charge in [-0.2, -0.15) is 5.10 Å². The van der Waals surface area contributed by atoms with Gasteiger partial charge in [0, 0.05) is 26.7 Å². The van der Waals surface area contributed by atoms with E-state index in [-0.39, 0.29) is 24.1 Å². The summed E-state index contributed by atoms with van der Waals surface area (Å²) in [5, 5.41) is 7.50. The normalized spacial score (nSPS) is 15.9. The molecular weight excluding hydrogens is 452 g/mol. The Morgan fingerprint density at radius 1 is 1.27 bits per heavy atom. The molecule has 4 rings (SSSR count). The van der Waals surface area contributed by atoms with Gasteiger partial charge in [0.05, 0.1) is 19.3 Å². The Hall–Kier alpha value is -2.56. The molecule has 1 aliphatic heterocycles. The third-order valence-electron chi connectivity index (χ3n) is 5.25. The summed E-state index contributed by atoms with van der Waals surface area (Å²) in [4.78, 5) is 32.0. The summed E-state index contributed by atoms with van der Waals surface area (Å²) in [5.41, 5.74) is 1.31. The molecule has 1 aromatic carbocycles. The van der Waals surface area contributed by atoms with Crippen molar-refractivity contribution < 1.29 is 9.53 Å². The minimum atomic E-state index is -0.303. The Bertz CT molecular complexity index is 1090. The van der Waals surface area contributed by atoms with Crippen molar-refractivity contribution in [3.05, 3.63) is 57.2 Å². The van der Waals surface area contributed by atoms with Gasteiger partial charge in [0.15, 0.2) is 5.65 Å². The Kier molecular flexibility index (Phi) is 6.26. The molecule has 1 fully saturated rings. The third-order valence-corrected chi connectivity index (χ3v) is 5.80. The first-order chi connectivity index (χ1) is 14.5. The van der Waals surface area contributed by atoms with Crippen molar-refractivity contribution >= 4 is 32.9 Å². The van der Waals surface area contributed by atoms with Gasteiger partial charge in [-0.1, -0.05) is 30.3 Å². The molecule has 0 radical (unpaired) electrons. The smallest absolute Gasteiger partial charge is 0.266 e. The lowest BCUT2D eigenvalue weighted by atomic mass is 10.0. The molecule has 2 aromatic heterocycles. The number of carbonyl (C=O) groups excluding carboxylic acids is 1. The minimum Gasteiger partial charge on any atom is -0.379 e. The Morgan fingerprint density at radius 2 is 2.00 bits per heavy atom. The number of hydrogen-bond acceptors (Lipinski definition) is 6. The molecule has 0 saturated carbocycles. The van der Waals surface area contributed by atoms with Crippen LogP contribution in [0.2, 0.25) is 0 Å². The van der Waals surface area contributed by atoms with Crippen LogP contribution >= 0.6 is 15.9 Å². The van der Waals surface area contributed by atoms with Gasteiger partial charge in [-0.15, -0.1) is 0 Å². The number of fused-ring (bicyclic) bond motifs is 1. The van der Waals surface area contributed by atoms with Crippen LogP contribution in [0, 0.1) is 0 Å². The van der Waals surface area contributed by atoms with Crippen molar-refractivity contribution in [1.29, 1.82) is 0 Å². The first-order valence-corrected chi connectivity index (χ1v) is 10.5. The number of halogens is 1. The summed E-state index contributed by atoms with van der Waals surface area (Å²) in [6.45, 7) is 3.32. The van der Waals surface area contributed by atoms with E-state index < -0.39 is 0 Å². The fraction of sp³-hybridized carbons (Fsp3) is 0.400. The molecule has 1 atom stereocenters. The van der Waals surface area contributed by atoms with Gasteiger partial charge < -0.3 is 10.1 Å². The van der Waals surface area contributed by atoms with Gasteiger partial charge in [-0.3, -0.25) is 19.1 Å². The zero-order valence-corrected chi connectivity index (χ0v) is 18.2. The molecule has 0 aliphatic carbocycles. The number of hydrogen-bond donors (Lipinski definition) is 1. The molecule has 1 N–H and O–H groups in total. The highest BCUT2D eigenvalue weighted by atomic mass is 79.9. The van der Waals surface area contributed by atoms with E-state index in [0.29, 0.717) is 35.4 Å². The molecule has 0 bridgehead atoms. The van der Waals surface area contributed by atoms with Crippen LogP contribution in [0.5, 0.6) is 0 Å². The van der Waals surface area contributed by atoms with Crippen LogP contribution in [0.3, 0.4) is 0 Å². The van der Waals surface area contributed by atoms with E-state index in [1.54, 1.807) is 7.05 Å². The summed E-state index contributed by atoms with van der Waals surface area (Å²) < 4.78 is 8.71. The molecule has 3 heterocycles. The average Bonchev–Trinajstić information content (AvgIpc) is 3.05. The number of aromatic nitrogens is 4. The summed E-state index contributed by atoms with van der Waals surface area (Å²) in [6, 6.07) is 10.1. The van der Waals surface area contributed by atoms with E-state index >= 15 is 0 Å². The monoisotopic (exact) mass is 474 g/mol. The highest BCUT2D eigenvalue weighted by Crippen LogP contribution is 2.21. The number of carbonyl (C=O) groups is 1. The van der Waals surface area contributed by atoms with Crippen LogP contribution in [0.25, 0.3) is 11.0 Å². The van der Waals surface area contributed by atoms with E-state index in [1.807, 2.05) is 18.2 Å². The first-order valence-electron chi connectivity index (χ1n) is 9.75. The molecule has 1 unspecified atom stereocenters. The van der Waals surface area contributed by atoms with Gasteiger partial charge in [-0.25, -0.2) is 9.67 Å². The predicted octanol–water partition coefficient (Wildman–Crippen LogP) is 1.08. The largest absolute Gasteiger partial charge is 0.379 e. The first kappa shape index (κ1) is 20.7. The number of amides is 1. The number of nitrogens with one attached hydrogen (secondary N) is 1. The molecule has 3 aromatic rings. The summed E-state index contributed by atoms with van der Waals surface area (Å²) in [5.74, 6) is -0.243. The second-order valence-electron chi connectivity index (χ2n) is 7.17. The van der Waals surface area contributed by atoms with E-state index in [4.69, 9.17) is 4.74 Å². The van der Waals surface area contributed by atoms with Gasteiger partial charge >= 0.3 is 0 Å². The topological polar surface area (TPSA) is 94.3 Å². The molecule has 10 heteroatoms. The van der Waals surface area contributed by atoms with Crippen LogP contribution in [-0.2, 0) is 23.1 Å². The van der Waals surface area contributed by atoms with Gasteiger partial charge in [-0.05, 0) is 21.5 Å². The highest BCUT2D eigenvalue weighted by Gasteiger charge is 2.23. The van der Waals surface area contributed by atoms with E-state index in [9.17, 15) is 9.59 Å². The quantitative estimate of drug-likeness (QED) is 0.574. The fourth-order valence-electron chi connectivity index (χ4n) is 3.69. The number of morpholine rings is 1. The zero-order valence-electron chi connectivity index (χ0n) is 16.6. The highest BCUT2D eigenvalue weighted by molar-refractivity contribution is 9.10. The van der Waals surface area contributed by atoms with Crippen molar-refractivity contribution in [2.75, 3.05) is 32.8 Å².